The van der Waals surface area contributed by atoms with E-state index < -0.39 is 17.0 Å². The number of methoxy groups -OCH3 is 1. The van der Waals surface area contributed by atoms with Crippen LogP contribution in [-0.2, 0) is 25.5 Å². The SMILES string of the molecule is CCCC(C)(CC)C(=O)OCCOC(=O)Cc1cc(=O)oc2cc(OC)ccc12. The van der Waals surface area contributed by atoms with E-state index in [9.17, 15) is 14.4 Å². The van der Waals surface area contributed by atoms with Crippen molar-refractivity contribution in [1.82, 2.24) is 0 Å². The Bertz CT molecular complexity index is 915. The van der Waals surface area contributed by atoms with Gasteiger partial charge >= 0.3 is 17.6 Å². The van der Waals surface area contributed by atoms with Crippen LogP contribution in [0.5, 0.6) is 5.75 Å². The highest BCUT2D eigenvalue weighted by atomic mass is 16.6. The minimum absolute atomic E-state index is 0.00124. The smallest absolute Gasteiger partial charge is 0.336 e. The molecule has 0 bridgehead atoms. The third-order valence-electron chi connectivity index (χ3n) is 5.03. The number of hydrogen-bond donors (Lipinski definition) is 0. The molecule has 0 saturated carbocycles. The van der Waals surface area contributed by atoms with Gasteiger partial charge in [0.1, 0.15) is 24.5 Å². The molecule has 1 unspecified atom stereocenters. The molecule has 1 aromatic carbocycles. The summed E-state index contributed by atoms with van der Waals surface area (Å²) in [6, 6.07) is 6.30. The van der Waals surface area contributed by atoms with Crippen LogP contribution in [0.15, 0.2) is 33.5 Å². The number of benzene rings is 1. The average molecular weight is 404 g/mol. The molecule has 0 aliphatic heterocycles. The van der Waals surface area contributed by atoms with Crippen LogP contribution >= 0.6 is 0 Å². The van der Waals surface area contributed by atoms with Gasteiger partial charge in [-0.3, -0.25) is 9.59 Å². The van der Waals surface area contributed by atoms with Crippen molar-refractivity contribution >= 4 is 22.9 Å². The summed E-state index contributed by atoms with van der Waals surface area (Å²) in [5.74, 6) is -0.251. The highest BCUT2D eigenvalue weighted by Crippen LogP contribution is 2.29. The Morgan fingerprint density at radius 1 is 1.10 bits per heavy atom. The molecule has 0 amide bonds. The van der Waals surface area contributed by atoms with Crippen LogP contribution in [0.2, 0.25) is 0 Å². The molecule has 158 valence electrons. The largest absolute Gasteiger partial charge is 0.497 e. The molecular formula is C22H28O7. The van der Waals surface area contributed by atoms with Gasteiger partial charge in [-0.05, 0) is 37.5 Å². The summed E-state index contributed by atoms with van der Waals surface area (Å²) in [5.41, 5.74) is -0.236. The minimum atomic E-state index is -0.558. The molecule has 0 aliphatic rings. The van der Waals surface area contributed by atoms with Crippen molar-refractivity contribution in [2.75, 3.05) is 20.3 Å². The molecular weight excluding hydrogens is 376 g/mol. The Kier molecular flexibility index (Phi) is 7.82. The quantitative estimate of drug-likeness (QED) is 0.339. The molecule has 7 heteroatoms. The summed E-state index contributed by atoms with van der Waals surface area (Å²) in [6.45, 7) is 5.81. The summed E-state index contributed by atoms with van der Waals surface area (Å²) in [7, 11) is 1.51. The Morgan fingerprint density at radius 2 is 1.83 bits per heavy atom. The predicted molar refractivity (Wildman–Crippen MR) is 108 cm³/mol. The molecule has 1 heterocycles. The molecule has 2 rings (SSSR count). The van der Waals surface area contributed by atoms with Crippen LogP contribution in [-0.4, -0.2) is 32.3 Å². The third kappa shape index (κ3) is 5.82. The fraction of sp³-hybridized carbons (Fsp3) is 0.500. The molecule has 7 nitrogen and oxygen atoms in total. The van der Waals surface area contributed by atoms with Crippen LogP contribution in [0.3, 0.4) is 0 Å². The van der Waals surface area contributed by atoms with Gasteiger partial charge < -0.3 is 18.6 Å². The van der Waals surface area contributed by atoms with Gasteiger partial charge in [-0.1, -0.05) is 20.3 Å². The normalized spacial score (nSPS) is 13.0. The van der Waals surface area contributed by atoms with E-state index in [1.807, 2.05) is 20.8 Å². The van der Waals surface area contributed by atoms with Crippen molar-refractivity contribution in [3.8, 4) is 5.75 Å². The van der Waals surface area contributed by atoms with Gasteiger partial charge in [0, 0.05) is 17.5 Å². The average Bonchev–Trinajstić information content (AvgIpc) is 2.70. The second-order valence-corrected chi connectivity index (χ2v) is 7.15. The number of rotatable bonds is 10. The number of carbonyl (C=O) groups excluding carboxylic acids is 2. The van der Waals surface area contributed by atoms with Gasteiger partial charge in [-0.15, -0.1) is 0 Å². The van der Waals surface area contributed by atoms with E-state index in [0.717, 1.165) is 12.8 Å². The highest BCUT2D eigenvalue weighted by Gasteiger charge is 2.31. The van der Waals surface area contributed by atoms with Gasteiger partial charge in [0.2, 0.25) is 0 Å². The lowest BCUT2D eigenvalue weighted by Crippen LogP contribution is -2.30. The fourth-order valence-corrected chi connectivity index (χ4v) is 3.13. The maximum absolute atomic E-state index is 12.2. The van der Waals surface area contributed by atoms with Crippen molar-refractivity contribution in [3.63, 3.8) is 0 Å². The second-order valence-electron chi connectivity index (χ2n) is 7.15. The molecule has 0 N–H and O–H groups in total. The van der Waals surface area contributed by atoms with Crippen molar-refractivity contribution in [1.29, 1.82) is 0 Å². The first-order valence-electron chi connectivity index (χ1n) is 9.76. The van der Waals surface area contributed by atoms with Gasteiger partial charge in [0.15, 0.2) is 0 Å². The Balaban J connectivity index is 1.93. The number of esters is 2. The molecule has 29 heavy (non-hydrogen) atoms. The minimum Gasteiger partial charge on any atom is -0.497 e. The van der Waals surface area contributed by atoms with E-state index >= 15 is 0 Å². The summed E-state index contributed by atoms with van der Waals surface area (Å²) in [5, 5.41) is 0.632. The lowest BCUT2D eigenvalue weighted by Gasteiger charge is -2.25. The zero-order valence-electron chi connectivity index (χ0n) is 17.4. The van der Waals surface area contributed by atoms with E-state index in [4.69, 9.17) is 18.6 Å². The van der Waals surface area contributed by atoms with E-state index in [2.05, 4.69) is 0 Å². The van der Waals surface area contributed by atoms with Crippen LogP contribution in [0.1, 0.15) is 45.6 Å². The number of carbonyl (C=O) groups is 2. The maximum atomic E-state index is 12.2. The van der Waals surface area contributed by atoms with Crippen molar-refractivity contribution in [2.45, 2.75) is 46.5 Å². The molecule has 1 aromatic heterocycles. The molecule has 0 saturated heterocycles. The Labute approximate surface area is 169 Å². The maximum Gasteiger partial charge on any atom is 0.336 e. The summed E-state index contributed by atoms with van der Waals surface area (Å²) in [6.07, 6.45) is 2.23. The Hall–Kier alpha value is -2.83. The van der Waals surface area contributed by atoms with Gasteiger partial charge in [0.05, 0.1) is 18.9 Å². The van der Waals surface area contributed by atoms with E-state index in [0.29, 0.717) is 28.7 Å². The summed E-state index contributed by atoms with van der Waals surface area (Å²) >= 11 is 0. The topological polar surface area (TPSA) is 92.0 Å². The monoisotopic (exact) mass is 404 g/mol. The molecule has 0 radical (unpaired) electrons. The summed E-state index contributed by atoms with van der Waals surface area (Å²) in [4.78, 5) is 36.2. The first kappa shape index (κ1) is 22.5. The van der Waals surface area contributed by atoms with Crippen LogP contribution in [0.4, 0.5) is 0 Å². The van der Waals surface area contributed by atoms with Crippen molar-refractivity contribution < 1.29 is 28.2 Å². The second kappa shape index (κ2) is 10.1. The van der Waals surface area contributed by atoms with Crippen molar-refractivity contribution in [2.24, 2.45) is 5.41 Å². The van der Waals surface area contributed by atoms with Gasteiger partial charge in [-0.2, -0.15) is 0 Å². The van der Waals surface area contributed by atoms with E-state index in [1.165, 1.54) is 13.2 Å². The standard InChI is InChI=1S/C22H28O7/c1-5-9-22(3,6-2)21(25)28-11-10-27-19(23)12-15-13-20(24)29-18-14-16(26-4)7-8-17(15)18/h7-8,13-14H,5-6,9-12H2,1-4H3. The van der Waals surface area contributed by atoms with Crippen LogP contribution in [0, 0.1) is 5.41 Å². The molecule has 0 spiro atoms. The number of ether oxygens (including phenoxy) is 3. The van der Waals surface area contributed by atoms with Crippen LogP contribution in [0.25, 0.3) is 11.0 Å². The Morgan fingerprint density at radius 3 is 2.48 bits per heavy atom. The van der Waals surface area contributed by atoms with E-state index in [1.54, 1.807) is 18.2 Å². The zero-order valence-corrected chi connectivity index (χ0v) is 17.4. The number of fused-ring (bicyclic) bond motifs is 1. The van der Waals surface area contributed by atoms with Crippen molar-refractivity contribution in [3.05, 3.63) is 40.2 Å². The van der Waals surface area contributed by atoms with Crippen LogP contribution < -0.4 is 10.4 Å². The predicted octanol–water partition coefficient (Wildman–Crippen LogP) is 3.65. The fourth-order valence-electron chi connectivity index (χ4n) is 3.13. The van der Waals surface area contributed by atoms with Gasteiger partial charge in [-0.25, -0.2) is 4.79 Å². The number of hydrogen-bond acceptors (Lipinski definition) is 7. The molecule has 0 aliphatic carbocycles. The highest BCUT2D eigenvalue weighted by molar-refractivity contribution is 5.86. The lowest BCUT2D eigenvalue weighted by atomic mass is 9.83. The third-order valence-corrected chi connectivity index (χ3v) is 5.03. The molecule has 0 fully saturated rings. The van der Waals surface area contributed by atoms with E-state index in [-0.39, 0.29) is 25.6 Å². The first-order valence-corrected chi connectivity index (χ1v) is 9.76. The first-order chi connectivity index (χ1) is 13.8. The molecule has 2 aromatic rings. The van der Waals surface area contributed by atoms with Gasteiger partial charge in [0.25, 0.3) is 0 Å². The molecule has 1 atom stereocenters. The zero-order chi connectivity index (χ0) is 21.4. The lowest BCUT2D eigenvalue weighted by molar-refractivity contribution is -0.160. The summed E-state index contributed by atoms with van der Waals surface area (Å²) < 4.78 is 20.7.